The second-order valence-electron chi connectivity index (χ2n) is 6.69. The van der Waals surface area contributed by atoms with Gasteiger partial charge in [-0.05, 0) is 43.2 Å². The van der Waals surface area contributed by atoms with E-state index in [9.17, 15) is 4.39 Å². The molecular weight excluding hydrogens is 361 g/mol. The summed E-state index contributed by atoms with van der Waals surface area (Å²) in [4.78, 5) is 11.6. The number of nitrogens with zero attached hydrogens (tertiary/aromatic N) is 3. The van der Waals surface area contributed by atoms with Crippen LogP contribution in [0.25, 0.3) is 21.8 Å². The maximum atomic E-state index is 14.0. The number of hydrogen-bond donors (Lipinski definition) is 0. The van der Waals surface area contributed by atoms with E-state index in [-0.39, 0.29) is 11.6 Å². The van der Waals surface area contributed by atoms with E-state index in [0.717, 1.165) is 40.7 Å². The highest BCUT2D eigenvalue weighted by atomic mass is 32.1. The van der Waals surface area contributed by atoms with Crippen LogP contribution in [0, 0.1) is 5.82 Å². The third-order valence-corrected chi connectivity index (χ3v) is 5.77. The summed E-state index contributed by atoms with van der Waals surface area (Å²) in [5.41, 5.74) is 2.57. The summed E-state index contributed by atoms with van der Waals surface area (Å²) in [5.74, 6) is 0.879. The van der Waals surface area contributed by atoms with Crippen molar-refractivity contribution in [1.82, 2.24) is 9.97 Å². The molecule has 0 bridgehead atoms. The molecule has 27 heavy (non-hydrogen) atoms. The molecule has 0 unspecified atom stereocenters. The third-order valence-electron chi connectivity index (χ3n) is 4.87. The molecule has 0 aliphatic carbocycles. The third kappa shape index (κ3) is 3.95. The van der Waals surface area contributed by atoms with E-state index in [1.54, 1.807) is 17.4 Å². The van der Waals surface area contributed by atoms with Gasteiger partial charge in [0.25, 0.3) is 0 Å². The molecule has 4 rings (SSSR count). The van der Waals surface area contributed by atoms with E-state index in [0.29, 0.717) is 0 Å². The van der Waals surface area contributed by atoms with Gasteiger partial charge in [-0.15, -0.1) is 11.3 Å². The number of pyridine rings is 1. The van der Waals surface area contributed by atoms with Crippen LogP contribution in [0.4, 0.5) is 10.2 Å². The van der Waals surface area contributed by atoms with Gasteiger partial charge in [0, 0.05) is 35.8 Å². The summed E-state index contributed by atoms with van der Waals surface area (Å²) < 4.78 is 19.0. The van der Waals surface area contributed by atoms with Crippen molar-refractivity contribution in [3.63, 3.8) is 0 Å². The largest absolute Gasteiger partial charge is 0.494 e. The van der Waals surface area contributed by atoms with Crippen molar-refractivity contribution in [2.75, 3.05) is 25.1 Å². The molecule has 3 aromatic rings. The smallest absolute Gasteiger partial charge is 0.165 e. The van der Waals surface area contributed by atoms with Crippen molar-refractivity contribution >= 4 is 17.2 Å². The van der Waals surface area contributed by atoms with Gasteiger partial charge in [0.1, 0.15) is 10.8 Å². The molecule has 2 aromatic heterocycles. The van der Waals surface area contributed by atoms with Gasteiger partial charge < -0.3 is 9.64 Å². The average Bonchev–Trinajstić information content (AvgIpc) is 3.03. The molecule has 0 spiro atoms. The topological polar surface area (TPSA) is 38.2 Å². The molecule has 0 N–H and O–H groups in total. The van der Waals surface area contributed by atoms with E-state index >= 15 is 0 Å². The van der Waals surface area contributed by atoms with E-state index in [1.807, 2.05) is 23.7 Å². The molecule has 1 aromatic carbocycles. The molecule has 3 heterocycles. The Morgan fingerprint density at radius 3 is 2.59 bits per heavy atom. The van der Waals surface area contributed by atoms with Crippen LogP contribution in [0.3, 0.4) is 0 Å². The normalized spacial score (nSPS) is 14.8. The summed E-state index contributed by atoms with van der Waals surface area (Å²) in [5, 5.41) is 2.88. The summed E-state index contributed by atoms with van der Waals surface area (Å²) in [7, 11) is 1.46. The Labute approximate surface area is 162 Å². The van der Waals surface area contributed by atoms with E-state index < -0.39 is 0 Å². The molecule has 1 aliphatic rings. The molecule has 1 saturated heterocycles. The van der Waals surface area contributed by atoms with Gasteiger partial charge in [0.05, 0.1) is 12.8 Å². The number of anilines is 1. The zero-order chi connectivity index (χ0) is 18.6. The van der Waals surface area contributed by atoms with Crippen molar-refractivity contribution in [2.45, 2.75) is 25.7 Å². The lowest BCUT2D eigenvalue weighted by molar-refractivity contribution is 0.386. The van der Waals surface area contributed by atoms with Crippen LogP contribution in [0.15, 0.2) is 41.9 Å². The van der Waals surface area contributed by atoms with E-state index in [1.165, 1.54) is 38.9 Å². The van der Waals surface area contributed by atoms with Gasteiger partial charge in [0.15, 0.2) is 11.6 Å². The van der Waals surface area contributed by atoms with Crippen LogP contribution >= 0.6 is 11.3 Å². The first-order valence-corrected chi connectivity index (χ1v) is 10.1. The zero-order valence-corrected chi connectivity index (χ0v) is 16.1. The predicted octanol–water partition coefficient (Wildman–Crippen LogP) is 5.40. The highest BCUT2D eigenvalue weighted by Crippen LogP contribution is 2.32. The minimum atomic E-state index is -0.378. The van der Waals surface area contributed by atoms with Crippen molar-refractivity contribution in [1.29, 1.82) is 0 Å². The standard InChI is InChI=1S/C21H22FN3OS/c1-26-19-7-6-15(12-17(19)22)18-14-27-21(24-18)16-8-9-23-20(13-16)25-10-4-2-3-5-11-25/h6-9,12-14H,2-5,10-11H2,1H3. The summed E-state index contributed by atoms with van der Waals surface area (Å²) in [6.07, 6.45) is 6.88. The Balaban J connectivity index is 1.59. The molecule has 0 radical (unpaired) electrons. The number of benzene rings is 1. The maximum absolute atomic E-state index is 14.0. The van der Waals surface area contributed by atoms with Gasteiger partial charge in [0.2, 0.25) is 0 Å². The number of ether oxygens (including phenoxy) is 1. The van der Waals surface area contributed by atoms with E-state index in [2.05, 4.69) is 16.0 Å². The lowest BCUT2D eigenvalue weighted by Gasteiger charge is -2.21. The van der Waals surface area contributed by atoms with Crippen LogP contribution in [0.2, 0.25) is 0 Å². The second kappa shape index (κ2) is 8.05. The molecule has 0 saturated carbocycles. The van der Waals surface area contributed by atoms with Crippen LogP contribution in [-0.2, 0) is 0 Å². The first-order valence-electron chi connectivity index (χ1n) is 9.25. The zero-order valence-electron chi connectivity index (χ0n) is 15.3. The molecular formula is C21H22FN3OS. The van der Waals surface area contributed by atoms with Crippen LogP contribution in [0.1, 0.15) is 25.7 Å². The minimum absolute atomic E-state index is 0.241. The van der Waals surface area contributed by atoms with Crippen molar-refractivity contribution < 1.29 is 9.13 Å². The molecule has 6 heteroatoms. The maximum Gasteiger partial charge on any atom is 0.165 e. The number of hydrogen-bond acceptors (Lipinski definition) is 5. The number of rotatable bonds is 4. The van der Waals surface area contributed by atoms with Gasteiger partial charge in [-0.25, -0.2) is 14.4 Å². The summed E-state index contributed by atoms with van der Waals surface area (Å²) >= 11 is 1.56. The molecule has 0 atom stereocenters. The Morgan fingerprint density at radius 1 is 1.04 bits per heavy atom. The Morgan fingerprint density at radius 2 is 1.85 bits per heavy atom. The fourth-order valence-electron chi connectivity index (χ4n) is 3.39. The first-order chi connectivity index (χ1) is 13.2. The molecule has 1 aliphatic heterocycles. The highest BCUT2D eigenvalue weighted by molar-refractivity contribution is 7.13. The molecule has 4 nitrogen and oxygen atoms in total. The van der Waals surface area contributed by atoms with Crippen LogP contribution < -0.4 is 9.64 Å². The van der Waals surface area contributed by atoms with Crippen molar-refractivity contribution in [3.05, 3.63) is 47.7 Å². The summed E-state index contributed by atoms with van der Waals surface area (Å²) in [6.45, 7) is 2.12. The second-order valence-corrected chi connectivity index (χ2v) is 7.55. The number of thiazole rings is 1. The first kappa shape index (κ1) is 17.9. The lowest BCUT2D eigenvalue weighted by atomic mass is 10.1. The number of methoxy groups -OCH3 is 1. The SMILES string of the molecule is COc1ccc(-c2csc(-c3ccnc(N4CCCCCC4)c3)n2)cc1F. The van der Waals surface area contributed by atoms with Crippen molar-refractivity contribution in [2.24, 2.45) is 0 Å². The fraction of sp³-hybridized carbons (Fsp3) is 0.333. The Bertz CT molecular complexity index is 919. The predicted molar refractivity (Wildman–Crippen MR) is 108 cm³/mol. The fourth-order valence-corrected chi connectivity index (χ4v) is 4.21. The average molecular weight is 383 g/mol. The lowest BCUT2D eigenvalue weighted by Crippen LogP contribution is -2.24. The van der Waals surface area contributed by atoms with Crippen LogP contribution in [-0.4, -0.2) is 30.2 Å². The Kier molecular flexibility index (Phi) is 5.34. The Hall–Kier alpha value is -2.47. The van der Waals surface area contributed by atoms with Crippen LogP contribution in [0.5, 0.6) is 5.75 Å². The number of halogens is 1. The van der Waals surface area contributed by atoms with Gasteiger partial charge in [-0.3, -0.25) is 0 Å². The molecule has 140 valence electrons. The molecule has 1 fully saturated rings. The van der Waals surface area contributed by atoms with Gasteiger partial charge >= 0.3 is 0 Å². The quantitative estimate of drug-likeness (QED) is 0.605. The van der Waals surface area contributed by atoms with E-state index in [4.69, 9.17) is 9.72 Å². The number of aromatic nitrogens is 2. The van der Waals surface area contributed by atoms with Gasteiger partial charge in [-0.1, -0.05) is 12.8 Å². The summed E-state index contributed by atoms with van der Waals surface area (Å²) in [6, 6.07) is 9.03. The van der Waals surface area contributed by atoms with Gasteiger partial charge in [-0.2, -0.15) is 0 Å². The monoisotopic (exact) mass is 383 g/mol. The molecule has 0 amide bonds. The minimum Gasteiger partial charge on any atom is -0.494 e. The highest BCUT2D eigenvalue weighted by Gasteiger charge is 2.14. The van der Waals surface area contributed by atoms with Crippen molar-refractivity contribution in [3.8, 4) is 27.6 Å².